The second-order valence-electron chi connectivity index (χ2n) is 4.82. The van der Waals surface area contributed by atoms with Crippen molar-refractivity contribution in [3.63, 3.8) is 0 Å². The topological polar surface area (TPSA) is 28.2 Å². The summed E-state index contributed by atoms with van der Waals surface area (Å²) in [6.07, 6.45) is 0. The Balaban J connectivity index is 1.99. The Morgan fingerprint density at radius 1 is 1.33 bits per heavy atom. The van der Waals surface area contributed by atoms with E-state index in [4.69, 9.17) is 16.6 Å². The average molecular weight is 262 g/mol. The van der Waals surface area contributed by atoms with E-state index in [1.54, 1.807) is 0 Å². The van der Waals surface area contributed by atoms with E-state index in [0.717, 1.165) is 41.3 Å². The SMILES string of the molecule is CN1CCNC(c2ccc3cccc(Cl)c3n2)C1. The summed E-state index contributed by atoms with van der Waals surface area (Å²) in [5, 5.41) is 5.32. The van der Waals surface area contributed by atoms with Crippen LogP contribution in [0.15, 0.2) is 30.3 Å². The normalized spacial score (nSPS) is 21.3. The molecule has 2 heterocycles. The maximum atomic E-state index is 6.20. The zero-order chi connectivity index (χ0) is 12.5. The molecule has 1 aromatic heterocycles. The molecule has 18 heavy (non-hydrogen) atoms. The number of nitrogens with zero attached hydrogens (tertiary/aromatic N) is 2. The number of para-hydroxylation sites is 1. The highest BCUT2D eigenvalue weighted by molar-refractivity contribution is 6.35. The lowest BCUT2D eigenvalue weighted by Gasteiger charge is -2.30. The average Bonchev–Trinajstić information content (AvgIpc) is 2.39. The number of likely N-dealkylation sites (N-methyl/N-ethyl adjacent to an activating group) is 1. The van der Waals surface area contributed by atoms with E-state index in [9.17, 15) is 0 Å². The van der Waals surface area contributed by atoms with Gasteiger partial charge in [0.05, 0.1) is 22.3 Å². The van der Waals surface area contributed by atoms with Gasteiger partial charge in [0, 0.05) is 25.0 Å². The van der Waals surface area contributed by atoms with Crippen LogP contribution in [-0.4, -0.2) is 36.6 Å². The molecule has 1 fully saturated rings. The van der Waals surface area contributed by atoms with Crippen LogP contribution in [0.25, 0.3) is 10.9 Å². The fraction of sp³-hybridized carbons (Fsp3) is 0.357. The zero-order valence-corrected chi connectivity index (χ0v) is 11.1. The lowest BCUT2D eigenvalue weighted by Crippen LogP contribution is -2.43. The lowest BCUT2D eigenvalue weighted by atomic mass is 10.1. The molecular formula is C14H16ClN3. The van der Waals surface area contributed by atoms with Crippen molar-refractivity contribution < 1.29 is 0 Å². The molecule has 94 valence electrons. The van der Waals surface area contributed by atoms with Gasteiger partial charge in [0.2, 0.25) is 0 Å². The molecule has 0 saturated carbocycles. The van der Waals surface area contributed by atoms with E-state index in [1.165, 1.54) is 0 Å². The highest BCUT2D eigenvalue weighted by Crippen LogP contribution is 2.24. The van der Waals surface area contributed by atoms with Gasteiger partial charge in [-0.05, 0) is 19.2 Å². The molecule has 0 radical (unpaired) electrons. The monoisotopic (exact) mass is 261 g/mol. The van der Waals surface area contributed by atoms with Crippen molar-refractivity contribution >= 4 is 22.5 Å². The van der Waals surface area contributed by atoms with Gasteiger partial charge < -0.3 is 10.2 Å². The Kier molecular flexibility index (Phi) is 3.20. The van der Waals surface area contributed by atoms with Gasteiger partial charge in [0.25, 0.3) is 0 Å². The van der Waals surface area contributed by atoms with Gasteiger partial charge in [0.15, 0.2) is 0 Å². The maximum absolute atomic E-state index is 6.20. The molecule has 0 spiro atoms. The van der Waals surface area contributed by atoms with Crippen LogP contribution in [-0.2, 0) is 0 Å². The summed E-state index contributed by atoms with van der Waals surface area (Å²) in [7, 11) is 2.14. The van der Waals surface area contributed by atoms with E-state index in [2.05, 4.69) is 29.4 Å². The number of nitrogens with one attached hydrogen (secondary N) is 1. The number of fused-ring (bicyclic) bond motifs is 1. The second-order valence-corrected chi connectivity index (χ2v) is 5.22. The third kappa shape index (κ3) is 2.21. The summed E-state index contributed by atoms with van der Waals surface area (Å²) in [5.74, 6) is 0. The van der Waals surface area contributed by atoms with Crippen LogP contribution in [0.5, 0.6) is 0 Å². The molecule has 0 bridgehead atoms. The van der Waals surface area contributed by atoms with Crippen LogP contribution in [0.4, 0.5) is 0 Å². The summed E-state index contributed by atoms with van der Waals surface area (Å²) < 4.78 is 0. The molecule has 1 unspecified atom stereocenters. The number of pyridine rings is 1. The van der Waals surface area contributed by atoms with E-state index in [-0.39, 0.29) is 0 Å². The third-order valence-electron chi connectivity index (χ3n) is 3.43. The van der Waals surface area contributed by atoms with Gasteiger partial charge in [-0.25, -0.2) is 4.98 Å². The van der Waals surface area contributed by atoms with Crippen molar-refractivity contribution in [3.8, 4) is 0 Å². The van der Waals surface area contributed by atoms with Crippen LogP contribution in [0, 0.1) is 0 Å². The first kappa shape index (κ1) is 11.9. The summed E-state index contributed by atoms with van der Waals surface area (Å²) >= 11 is 6.20. The number of halogens is 1. The minimum Gasteiger partial charge on any atom is -0.306 e. The van der Waals surface area contributed by atoms with Crippen LogP contribution < -0.4 is 5.32 Å². The number of hydrogen-bond acceptors (Lipinski definition) is 3. The molecule has 0 amide bonds. The molecule has 1 atom stereocenters. The quantitative estimate of drug-likeness (QED) is 0.855. The summed E-state index contributed by atoms with van der Waals surface area (Å²) in [5.41, 5.74) is 1.97. The molecule has 3 rings (SSSR count). The first-order valence-electron chi connectivity index (χ1n) is 6.21. The Labute approximate surface area is 112 Å². The molecule has 0 aliphatic carbocycles. The maximum Gasteiger partial charge on any atom is 0.0892 e. The number of hydrogen-bond donors (Lipinski definition) is 1. The zero-order valence-electron chi connectivity index (χ0n) is 10.4. The van der Waals surface area contributed by atoms with Crippen molar-refractivity contribution in [1.82, 2.24) is 15.2 Å². The Hall–Kier alpha value is -1.16. The molecular weight excluding hydrogens is 246 g/mol. The van der Waals surface area contributed by atoms with Gasteiger partial charge in [-0.1, -0.05) is 29.8 Å². The van der Waals surface area contributed by atoms with Crippen LogP contribution in [0.2, 0.25) is 5.02 Å². The van der Waals surface area contributed by atoms with E-state index in [0.29, 0.717) is 6.04 Å². The molecule has 2 aromatic rings. The lowest BCUT2D eigenvalue weighted by molar-refractivity contribution is 0.238. The first-order valence-corrected chi connectivity index (χ1v) is 6.59. The molecule has 1 saturated heterocycles. The van der Waals surface area contributed by atoms with Crippen LogP contribution in [0.3, 0.4) is 0 Å². The Morgan fingerprint density at radius 2 is 2.22 bits per heavy atom. The van der Waals surface area contributed by atoms with E-state index >= 15 is 0 Å². The van der Waals surface area contributed by atoms with E-state index in [1.807, 2.05) is 18.2 Å². The highest BCUT2D eigenvalue weighted by Gasteiger charge is 2.19. The summed E-state index contributed by atoms with van der Waals surface area (Å²) in [6.45, 7) is 3.08. The third-order valence-corrected chi connectivity index (χ3v) is 3.73. The number of benzene rings is 1. The van der Waals surface area contributed by atoms with Crippen LogP contribution in [0.1, 0.15) is 11.7 Å². The van der Waals surface area contributed by atoms with Gasteiger partial charge >= 0.3 is 0 Å². The van der Waals surface area contributed by atoms with Gasteiger partial charge in [-0.3, -0.25) is 0 Å². The first-order chi connectivity index (χ1) is 8.74. The van der Waals surface area contributed by atoms with E-state index < -0.39 is 0 Å². The molecule has 1 N–H and O–H groups in total. The summed E-state index contributed by atoms with van der Waals surface area (Å²) in [6, 6.07) is 10.4. The van der Waals surface area contributed by atoms with Gasteiger partial charge in [-0.15, -0.1) is 0 Å². The van der Waals surface area contributed by atoms with Crippen molar-refractivity contribution in [2.24, 2.45) is 0 Å². The number of aromatic nitrogens is 1. The molecule has 1 aliphatic rings. The van der Waals surface area contributed by atoms with Crippen molar-refractivity contribution in [3.05, 3.63) is 41.0 Å². The standard InChI is InChI=1S/C14H16ClN3/c1-18-8-7-16-13(9-18)12-6-5-10-3-2-4-11(15)14(10)17-12/h2-6,13,16H,7-9H2,1H3. The predicted molar refractivity (Wildman–Crippen MR) is 75.0 cm³/mol. The molecule has 1 aromatic carbocycles. The van der Waals surface area contributed by atoms with Crippen LogP contribution >= 0.6 is 11.6 Å². The minimum absolute atomic E-state index is 0.296. The van der Waals surface area contributed by atoms with Crippen molar-refractivity contribution in [1.29, 1.82) is 0 Å². The molecule has 4 heteroatoms. The largest absolute Gasteiger partial charge is 0.306 e. The Morgan fingerprint density at radius 3 is 3.06 bits per heavy atom. The van der Waals surface area contributed by atoms with Gasteiger partial charge in [0.1, 0.15) is 0 Å². The fourth-order valence-electron chi connectivity index (χ4n) is 2.42. The summed E-state index contributed by atoms with van der Waals surface area (Å²) in [4.78, 5) is 7.03. The smallest absolute Gasteiger partial charge is 0.0892 e. The predicted octanol–water partition coefficient (Wildman–Crippen LogP) is 2.46. The minimum atomic E-state index is 0.296. The van der Waals surface area contributed by atoms with Crippen molar-refractivity contribution in [2.45, 2.75) is 6.04 Å². The van der Waals surface area contributed by atoms with Gasteiger partial charge in [-0.2, -0.15) is 0 Å². The van der Waals surface area contributed by atoms with Crippen molar-refractivity contribution in [2.75, 3.05) is 26.7 Å². The second kappa shape index (κ2) is 4.84. The highest BCUT2D eigenvalue weighted by atomic mass is 35.5. The molecule has 1 aliphatic heterocycles. The molecule has 3 nitrogen and oxygen atoms in total. The fourth-order valence-corrected chi connectivity index (χ4v) is 2.64. The Bertz CT molecular complexity index is 570. The number of piperazine rings is 1. The number of rotatable bonds is 1.